The Balaban J connectivity index is 4.14. The van der Waals surface area contributed by atoms with Gasteiger partial charge < -0.3 is 9.84 Å². The highest BCUT2D eigenvalue weighted by Gasteiger charge is 2.20. The van der Waals surface area contributed by atoms with Gasteiger partial charge in [0.05, 0.1) is 0 Å². The highest BCUT2D eigenvalue weighted by atomic mass is 16.6. The van der Waals surface area contributed by atoms with Crippen molar-refractivity contribution >= 4 is 11.9 Å². The largest absolute Gasteiger partial charge is 0.387 e. The van der Waals surface area contributed by atoms with Crippen LogP contribution < -0.4 is 0 Å². The summed E-state index contributed by atoms with van der Waals surface area (Å²) in [6.07, 6.45) is -0.523. The summed E-state index contributed by atoms with van der Waals surface area (Å²) in [6, 6.07) is 1.44. The van der Waals surface area contributed by atoms with Gasteiger partial charge in [0.25, 0.3) is 0 Å². The van der Waals surface area contributed by atoms with Crippen molar-refractivity contribution in [3.05, 3.63) is 12.2 Å². The molecule has 0 radical (unpaired) electrons. The summed E-state index contributed by atoms with van der Waals surface area (Å²) in [7, 11) is 0. The summed E-state index contributed by atoms with van der Waals surface area (Å²) >= 11 is 0. The standard InChI is InChI=1S/C9H11NO4/c1-3-4-7(11)9(13)14-8(12)6(2)5-10/h7,11H,2-4H2,1H3. The molecule has 1 N–H and O–H groups in total. The third-order valence-corrected chi connectivity index (χ3v) is 1.41. The third kappa shape index (κ3) is 3.83. The summed E-state index contributed by atoms with van der Waals surface area (Å²) in [5, 5.41) is 17.3. The van der Waals surface area contributed by atoms with E-state index in [0.717, 1.165) is 0 Å². The van der Waals surface area contributed by atoms with E-state index in [0.29, 0.717) is 6.42 Å². The van der Waals surface area contributed by atoms with Gasteiger partial charge in [-0.1, -0.05) is 19.9 Å². The van der Waals surface area contributed by atoms with E-state index in [-0.39, 0.29) is 6.42 Å². The van der Waals surface area contributed by atoms with Crippen molar-refractivity contribution in [2.75, 3.05) is 0 Å². The molecule has 0 heterocycles. The molecule has 0 aliphatic carbocycles. The van der Waals surface area contributed by atoms with Crippen LogP contribution in [0.1, 0.15) is 19.8 Å². The van der Waals surface area contributed by atoms with Crippen LogP contribution in [0.2, 0.25) is 0 Å². The first-order valence-electron chi connectivity index (χ1n) is 4.06. The summed E-state index contributed by atoms with van der Waals surface area (Å²) in [4.78, 5) is 21.7. The van der Waals surface area contributed by atoms with Crippen LogP contribution in [0.15, 0.2) is 12.2 Å². The predicted octanol–water partition coefficient (Wildman–Crippen LogP) is 0.297. The Kier molecular flexibility index (Phi) is 5.19. The minimum absolute atomic E-state index is 0.213. The van der Waals surface area contributed by atoms with Crippen molar-refractivity contribution in [2.24, 2.45) is 0 Å². The summed E-state index contributed by atoms with van der Waals surface area (Å²) in [6.45, 7) is 4.83. The Morgan fingerprint density at radius 3 is 2.64 bits per heavy atom. The van der Waals surface area contributed by atoms with Crippen LogP contribution in [-0.2, 0) is 14.3 Å². The normalized spacial score (nSPS) is 11.2. The van der Waals surface area contributed by atoms with Gasteiger partial charge >= 0.3 is 11.9 Å². The second-order valence-electron chi connectivity index (χ2n) is 2.60. The highest BCUT2D eigenvalue weighted by molar-refractivity contribution is 5.99. The van der Waals surface area contributed by atoms with Gasteiger partial charge in [-0.15, -0.1) is 0 Å². The average Bonchev–Trinajstić information content (AvgIpc) is 2.16. The molecule has 1 unspecified atom stereocenters. The molecule has 5 heteroatoms. The number of hydrogen-bond acceptors (Lipinski definition) is 5. The van der Waals surface area contributed by atoms with E-state index in [4.69, 9.17) is 10.4 Å². The molecule has 0 aliphatic heterocycles. The molecule has 0 fully saturated rings. The van der Waals surface area contributed by atoms with Crippen molar-refractivity contribution in [3.63, 3.8) is 0 Å². The zero-order chi connectivity index (χ0) is 11.1. The van der Waals surface area contributed by atoms with Gasteiger partial charge in [0.15, 0.2) is 6.10 Å². The van der Waals surface area contributed by atoms with Crippen LogP contribution >= 0.6 is 0 Å². The van der Waals surface area contributed by atoms with Gasteiger partial charge in [-0.25, -0.2) is 9.59 Å². The zero-order valence-corrected chi connectivity index (χ0v) is 7.82. The minimum atomic E-state index is -1.32. The third-order valence-electron chi connectivity index (χ3n) is 1.41. The lowest BCUT2D eigenvalue weighted by Crippen LogP contribution is -2.25. The topological polar surface area (TPSA) is 87.4 Å². The Morgan fingerprint density at radius 1 is 1.64 bits per heavy atom. The molecule has 0 saturated heterocycles. The number of carbonyl (C=O) groups is 2. The first kappa shape index (κ1) is 12.3. The number of nitrogens with zero attached hydrogens (tertiary/aromatic N) is 1. The molecule has 0 bridgehead atoms. The monoisotopic (exact) mass is 197 g/mol. The van der Waals surface area contributed by atoms with Crippen LogP contribution in [0.3, 0.4) is 0 Å². The lowest BCUT2D eigenvalue weighted by Gasteiger charge is -2.06. The molecular formula is C9H11NO4. The fourth-order valence-corrected chi connectivity index (χ4v) is 0.658. The molecule has 0 aliphatic rings. The van der Waals surface area contributed by atoms with E-state index in [1.54, 1.807) is 6.92 Å². The smallest absolute Gasteiger partial charge is 0.355 e. The Labute approximate surface area is 81.6 Å². The van der Waals surface area contributed by atoms with E-state index >= 15 is 0 Å². The maximum atomic E-state index is 10.9. The number of rotatable bonds is 4. The van der Waals surface area contributed by atoms with Crippen LogP contribution in [0.5, 0.6) is 0 Å². The first-order valence-corrected chi connectivity index (χ1v) is 4.06. The SMILES string of the molecule is C=C(C#N)C(=O)OC(=O)C(O)CCC. The summed E-state index contributed by atoms with van der Waals surface area (Å²) in [5.41, 5.74) is -0.470. The molecule has 0 saturated carbocycles. The van der Waals surface area contributed by atoms with Crippen molar-refractivity contribution in [3.8, 4) is 6.07 Å². The molecule has 5 nitrogen and oxygen atoms in total. The van der Waals surface area contributed by atoms with Gasteiger partial charge in [0.1, 0.15) is 11.6 Å². The molecular weight excluding hydrogens is 186 g/mol. The number of aliphatic hydroxyl groups excluding tert-OH is 1. The molecule has 76 valence electrons. The van der Waals surface area contributed by atoms with Gasteiger partial charge in [-0.05, 0) is 6.42 Å². The quantitative estimate of drug-likeness (QED) is 0.303. The van der Waals surface area contributed by atoms with Crippen LogP contribution in [0.25, 0.3) is 0 Å². The van der Waals surface area contributed by atoms with E-state index in [9.17, 15) is 9.59 Å². The Bertz CT molecular complexity index is 290. The zero-order valence-electron chi connectivity index (χ0n) is 7.82. The molecule has 1 atom stereocenters. The van der Waals surface area contributed by atoms with Gasteiger partial charge in [-0.2, -0.15) is 5.26 Å². The van der Waals surface area contributed by atoms with Crippen molar-refractivity contribution < 1.29 is 19.4 Å². The second kappa shape index (κ2) is 5.89. The fraction of sp³-hybridized carbons (Fsp3) is 0.444. The Morgan fingerprint density at radius 2 is 2.21 bits per heavy atom. The van der Waals surface area contributed by atoms with E-state index in [1.807, 2.05) is 0 Å². The number of esters is 2. The second-order valence-corrected chi connectivity index (χ2v) is 2.60. The molecule has 14 heavy (non-hydrogen) atoms. The number of aliphatic hydroxyl groups is 1. The molecule has 0 aromatic heterocycles. The van der Waals surface area contributed by atoms with E-state index in [2.05, 4.69) is 11.3 Å². The number of hydrogen-bond donors (Lipinski definition) is 1. The maximum Gasteiger partial charge on any atom is 0.355 e. The number of nitriles is 1. The first-order chi connectivity index (χ1) is 6.52. The predicted molar refractivity (Wildman–Crippen MR) is 46.8 cm³/mol. The molecule has 0 amide bonds. The average molecular weight is 197 g/mol. The van der Waals surface area contributed by atoms with Crippen molar-refractivity contribution in [1.29, 1.82) is 5.26 Å². The van der Waals surface area contributed by atoms with Gasteiger partial charge in [0, 0.05) is 0 Å². The van der Waals surface area contributed by atoms with Crippen LogP contribution in [0.4, 0.5) is 0 Å². The molecule has 0 rings (SSSR count). The molecule has 0 aromatic rings. The lowest BCUT2D eigenvalue weighted by molar-refractivity contribution is -0.163. The Hall–Kier alpha value is -1.67. The molecule has 0 spiro atoms. The van der Waals surface area contributed by atoms with Crippen molar-refractivity contribution in [2.45, 2.75) is 25.9 Å². The fourth-order valence-electron chi connectivity index (χ4n) is 0.658. The summed E-state index contributed by atoms with van der Waals surface area (Å²) < 4.78 is 4.17. The lowest BCUT2D eigenvalue weighted by atomic mass is 10.2. The van der Waals surface area contributed by atoms with E-state index < -0.39 is 23.6 Å². The van der Waals surface area contributed by atoms with Gasteiger partial charge in [0.2, 0.25) is 0 Å². The summed E-state index contributed by atoms with van der Waals surface area (Å²) in [5.74, 6) is -2.17. The van der Waals surface area contributed by atoms with E-state index in [1.165, 1.54) is 6.07 Å². The van der Waals surface area contributed by atoms with Crippen LogP contribution in [-0.4, -0.2) is 23.1 Å². The number of carbonyl (C=O) groups excluding carboxylic acids is 2. The van der Waals surface area contributed by atoms with Crippen molar-refractivity contribution in [1.82, 2.24) is 0 Å². The molecule has 0 aromatic carbocycles. The van der Waals surface area contributed by atoms with Crippen LogP contribution in [0, 0.1) is 11.3 Å². The van der Waals surface area contributed by atoms with Gasteiger partial charge in [-0.3, -0.25) is 0 Å². The maximum absolute atomic E-state index is 10.9. The minimum Gasteiger partial charge on any atom is -0.387 e. The highest BCUT2D eigenvalue weighted by Crippen LogP contribution is 2.01. The number of ether oxygens (including phenoxy) is 1.